The number of benzene rings is 1. The molecule has 3 aromatic heterocycles. The van der Waals surface area contributed by atoms with Crippen LogP contribution < -0.4 is 5.32 Å². The molecule has 6 rings (SSSR count). The molecule has 2 aliphatic rings. The molecule has 0 spiro atoms. The summed E-state index contributed by atoms with van der Waals surface area (Å²) in [6.45, 7) is 8.82. The van der Waals surface area contributed by atoms with Crippen molar-refractivity contribution >= 4 is 39.5 Å². The number of hydrogen-bond donors (Lipinski definition) is 1. The van der Waals surface area contributed by atoms with Gasteiger partial charge in [-0.15, -0.1) is 0 Å². The second kappa shape index (κ2) is 14.8. The summed E-state index contributed by atoms with van der Waals surface area (Å²) in [6, 6.07) is 10.9. The predicted molar refractivity (Wildman–Crippen MR) is 189 cm³/mol. The highest BCUT2D eigenvalue weighted by atomic mass is 79.9. The predicted octanol–water partition coefficient (Wildman–Crippen LogP) is 5.89. The number of nitrogens with one attached hydrogen (secondary N) is 1. The summed E-state index contributed by atoms with van der Waals surface area (Å²) in [6.07, 6.45) is 13.2. The molecule has 0 saturated carbocycles. The maximum Gasteiger partial charge on any atom is 0.318 e. The number of aryl methyl sites for hydroxylation is 3. The van der Waals surface area contributed by atoms with E-state index in [0.717, 1.165) is 52.7 Å². The summed E-state index contributed by atoms with van der Waals surface area (Å²) in [5.74, 6) is -0.0906. The molecular weight excluding hydrogens is 692 g/mol. The molecule has 48 heavy (non-hydrogen) atoms. The molecule has 0 unspecified atom stereocenters. The van der Waals surface area contributed by atoms with Crippen LogP contribution in [0.4, 0.5) is 4.79 Å². The van der Waals surface area contributed by atoms with Crippen LogP contribution in [0.3, 0.4) is 0 Å². The van der Waals surface area contributed by atoms with Crippen LogP contribution in [0.1, 0.15) is 61.2 Å². The highest BCUT2D eigenvalue weighted by Gasteiger charge is 2.42. The van der Waals surface area contributed by atoms with Crippen LogP contribution in [0.15, 0.2) is 78.2 Å². The fourth-order valence-corrected chi connectivity index (χ4v) is 7.29. The Hall–Kier alpha value is -3.80. The largest absolute Gasteiger partial charge is 0.337 e. The van der Waals surface area contributed by atoms with Crippen LogP contribution in [-0.4, -0.2) is 83.9 Å². The molecule has 0 bridgehead atoms. The van der Waals surface area contributed by atoms with Crippen LogP contribution in [0.2, 0.25) is 5.02 Å². The van der Waals surface area contributed by atoms with Crippen LogP contribution in [0.5, 0.6) is 0 Å². The molecule has 252 valence electrons. The zero-order valence-electron chi connectivity index (χ0n) is 27.6. The minimum absolute atomic E-state index is 0.0906. The van der Waals surface area contributed by atoms with Gasteiger partial charge in [-0.1, -0.05) is 23.7 Å². The monoisotopic (exact) mass is 732 g/mol. The standard InChI is InChI=1S/C36H42BrClN8O2/c1-36(2,3)42-35(48)46-17-16-44(33-30-10-9-29(38)19-26(30)7-8-27-18-28(37)21-41-32(27)33)23-31(46)34(47)45(22-25-6-4-11-39-20-25)14-5-13-43-15-12-40-24-43/h4,6,9-12,15,18-21,24,31,33H,5,7-8,13-14,16-17,22-23H2,1-3H3,(H,42,48)/t31-,33-/m1/s1. The van der Waals surface area contributed by atoms with Crippen molar-refractivity contribution in [3.63, 3.8) is 0 Å². The van der Waals surface area contributed by atoms with E-state index in [1.54, 1.807) is 29.8 Å². The Morgan fingerprint density at radius 3 is 2.65 bits per heavy atom. The second-order valence-corrected chi connectivity index (χ2v) is 15.0. The third kappa shape index (κ3) is 8.07. The molecule has 3 amide bonds. The molecule has 1 aromatic carbocycles. The van der Waals surface area contributed by atoms with Gasteiger partial charge >= 0.3 is 6.03 Å². The second-order valence-electron chi connectivity index (χ2n) is 13.6. The average molecular weight is 734 g/mol. The molecule has 4 aromatic rings. The van der Waals surface area contributed by atoms with Gasteiger partial charge in [0.1, 0.15) is 6.04 Å². The quantitative estimate of drug-likeness (QED) is 0.243. The Kier molecular flexibility index (Phi) is 10.5. The third-order valence-corrected chi connectivity index (χ3v) is 9.58. The van der Waals surface area contributed by atoms with Crippen LogP contribution in [-0.2, 0) is 30.7 Å². The van der Waals surface area contributed by atoms with Gasteiger partial charge in [0.2, 0.25) is 5.91 Å². The number of amides is 3. The fraction of sp³-hybridized carbons (Fsp3) is 0.417. The minimum Gasteiger partial charge on any atom is -0.337 e. The van der Waals surface area contributed by atoms with Crippen molar-refractivity contribution in [2.45, 2.75) is 70.7 Å². The molecule has 1 aliphatic carbocycles. The lowest BCUT2D eigenvalue weighted by molar-refractivity contribution is -0.139. The number of rotatable bonds is 8. The SMILES string of the molecule is CC(C)(C)NC(=O)N1CCN([C@@H]2c3ccc(Cl)cc3CCc3cc(Br)cnc32)C[C@@H]1C(=O)N(CCCn1ccnc1)Cc1cccnc1. The zero-order valence-corrected chi connectivity index (χ0v) is 30.0. The summed E-state index contributed by atoms with van der Waals surface area (Å²) >= 11 is 10.1. The number of imidazole rings is 1. The molecule has 0 radical (unpaired) electrons. The average Bonchev–Trinajstić information content (AvgIpc) is 3.52. The van der Waals surface area contributed by atoms with Gasteiger partial charge in [0.05, 0.1) is 18.1 Å². The van der Waals surface area contributed by atoms with Gasteiger partial charge < -0.3 is 19.7 Å². The van der Waals surface area contributed by atoms with Crippen molar-refractivity contribution in [1.82, 2.24) is 39.5 Å². The van der Waals surface area contributed by atoms with Crippen molar-refractivity contribution in [2.24, 2.45) is 0 Å². The molecule has 4 heterocycles. The molecule has 1 aliphatic heterocycles. The number of piperazine rings is 1. The van der Waals surface area contributed by atoms with E-state index in [0.29, 0.717) is 37.7 Å². The number of carbonyl (C=O) groups is 2. The fourth-order valence-electron chi connectivity index (χ4n) is 6.72. The number of fused-ring (bicyclic) bond motifs is 2. The molecule has 2 atom stereocenters. The Bertz CT molecular complexity index is 1680. The van der Waals surface area contributed by atoms with E-state index in [4.69, 9.17) is 16.6 Å². The summed E-state index contributed by atoms with van der Waals surface area (Å²) < 4.78 is 2.94. The summed E-state index contributed by atoms with van der Waals surface area (Å²) in [7, 11) is 0. The van der Waals surface area contributed by atoms with Crippen LogP contribution in [0, 0.1) is 0 Å². The maximum atomic E-state index is 14.9. The summed E-state index contributed by atoms with van der Waals surface area (Å²) in [4.78, 5) is 48.1. The van der Waals surface area contributed by atoms with Gasteiger partial charge in [0, 0.05) is 85.3 Å². The number of halogens is 2. The Balaban J connectivity index is 1.36. The van der Waals surface area contributed by atoms with Crippen molar-refractivity contribution in [3.8, 4) is 0 Å². The first-order chi connectivity index (χ1) is 23.1. The lowest BCUT2D eigenvalue weighted by atomic mass is 9.95. The van der Waals surface area contributed by atoms with Crippen molar-refractivity contribution in [1.29, 1.82) is 0 Å². The van der Waals surface area contributed by atoms with E-state index < -0.39 is 11.6 Å². The smallest absolute Gasteiger partial charge is 0.318 e. The lowest BCUT2D eigenvalue weighted by Crippen LogP contribution is -2.64. The first-order valence-electron chi connectivity index (χ1n) is 16.4. The molecule has 1 saturated heterocycles. The van der Waals surface area contributed by atoms with Crippen LogP contribution in [0.25, 0.3) is 0 Å². The molecule has 1 fully saturated rings. The Labute approximate surface area is 295 Å². The summed E-state index contributed by atoms with van der Waals surface area (Å²) in [5.41, 5.74) is 4.93. The highest BCUT2D eigenvalue weighted by Crippen LogP contribution is 2.38. The number of urea groups is 1. The summed E-state index contributed by atoms with van der Waals surface area (Å²) in [5, 5.41) is 3.82. The topological polar surface area (TPSA) is 99.5 Å². The Morgan fingerprint density at radius 2 is 1.90 bits per heavy atom. The van der Waals surface area contributed by atoms with Gasteiger partial charge in [0.15, 0.2) is 0 Å². The van der Waals surface area contributed by atoms with Gasteiger partial charge in [-0.25, -0.2) is 9.78 Å². The van der Waals surface area contributed by atoms with E-state index in [2.05, 4.69) is 54.3 Å². The number of aromatic nitrogens is 4. The van der Waals surface area contributed by atoms with E-state index in [1.165, 1.54) is 5.56 Å². The number of pyridine rings is 2. The van der Waals surface area contributed by atoms with Gasteiger partial charge in [0.25, 0.3) is 0 Å². The highest BCUT2D eigenvalue weighted by molar-refractivity contribution is 9.10. The molecule has 12 heteroatoms. The zero-order chi connectivity index (χ0) is 33.8. The van der Waals surface area contributed by atoms with E-state index in [9.17, 15) is 9.59 Å². The number of nitrogens with zero attached hydrogens (tertiary/aromatic N) is 7. The van der Waals surface area contributed by atoms with E-state index in [1.807, 2.05) is 60.8 Å². The first kappa shape index (κ1) is 34.1. The maximum absolute atomic E-state index is 14.9. The molecule has 1 N–H and O–H groups in total. The number of hydrogen-bond acceptors (Lipinski definition) is 6. The van der Waals surface area contributed by atoms with Gasteiger partial charge in [-0.2, -0.15) is 0 Å². The third-order valence-electron chi connectivity index (χ3n) is 8.91. The van der Waals surface area contributed by atoms with E-state index >= 15 is 0 Å². The van der Waals surface area contributed by atoms with Crippen molar-refractivity contribution < 1.29 is 9.59 Å². The van der Waals surface area contributed by atoms with Gasteiger partial charge in [-0.05, 0) is 102 Å². The molecule has 10 nitrogen and oxygen atoms in total. The molecular formula is C36H42BrClN8O2. The normalized spacial score (nSPS) is 18.1. The first-order valence-corrected chi connectivity index (χ1v) is 17.6. The van der Waals surface area contributed by atoms with Crippen molar-refractivity contribution in [2.75, 3.05) is 26.2 Å². The van der Waals surface area contributed by atoms with Crippen LogP contribution >= 0.6 is 27.5 Å². The minimum atomic E-state index is -0.719. The van der Waals surface area contributed by atoms with Gasteiger partial charge in [-0.3, -0.25) is 19.7 Å². The Morgan fingerprint density at radius 1 is 1.06 bits per heavy atom. The lowest BCUT2D eigenvalue weighted by Gasteiger charge is -2.45. The number of carbonyl (C=O) groups excluding carboxylic acids is 2. The van der Waals surface area contributed by atoms with Crippen molar-refractivity contribution in [3.05, 3.63) is 111 Å². The van der Waals surface area contributed by atoms with E-state index in [-0.39, 0.29) is 18.0 Å².